The molecule has 0 aromatic heterocycles. The highest BCUT2D eigenvalue weighted by molar-refractivity contribution is 8.15. The predicted molar refractivity (Wildman–Crippen MR) is 128 cm³/mol. The smallest absolute Gasteiger partial charge is 0.240 e. The third-order valence-electron chi connectivity index (χ3n) is 4.71. The third-order valence-corrected chi connectivity index (χ3v) is 6.02. The molecule has 0 radical (unpaired) electrons. The maximum absolute atomic E-state index is 12.4. The summed E-state index contributed by atoms with van der Waals surface area (Å²) in [6, 6.07) is 10.7. The molecular weight excluding hydrogens is 452 g/mol. The van der Waals surface area contributed by atoms with Gasteiger partial charge in [0.1, 0.15) is 5.25 Å². The first kappa shape index (κ1) is 23.6. The Labute approximate surface area is 195 Å². The molecule has 10 heteroatoms. The van der Waals surface area contributed by atoms with Gasteiger partial charge in [0.05, 0.1) is 19.9 Å². The van der Waals surface area contributed by atoms with Crippen LogP contribution < -0.4 is 20.1 Å². The van der Waals surface area contributed by atoms with Crippen LogP contribution in [0.2, 0.25) is 5.02 Å². The molecule has 2 amide bonds. The molecule has 0 unspecified atom stereocenters. The summed E-state index contributed by atoms with van der Waals surface area (Å²) in [6.07, 6.45) is -0.000150. The minimum absolute atomic E-state index is 0.000150. The first-order valence-corrected chi connectivity index (χ1v) is 10.9. The molecule has 1 aliphatic rings. The highest BCUT2D eigenvalue weighted by atomic mass is 35.5. The van der Waals surface area contributed by atoms with E-state index in [9.17, 15) is 9.59 Å². The Bertz CT molecular complexity index is 1100. The SMILES string of the molecule is COc1ccc(C(C)=NN=C2NC(=O)[C@@H](CC(=O)Nc3cc(Cl)ccc3C)S2)cc1OC. The van der Waals surface area contributed by atoms with Gasteiger partial charge in [0, 0.05) is 22.7 Å². The number of benzene rings is 2. The van der Waals surface area contributed by atoms with E-state index in [1.54, 1.807) is 45.4 Å². The van der Waals surface area contributed by atoms with Gasteiger partial charge in [-0.25, -0.2) is 0 Å². The molecular formula is C22H23ClN4O4S. The minimum Gasteiger partial charge on any atom is -0.493 e. The number of halogens is 1. The average molecular weight is 475 g/mol. The molecule has 32 heavy (non-hydrogen) atoms. The number of methoxy groups -OCH3 is 2. The fourth-order valence-corrected chi connectivity index (χ4v) is 4.01. The molecule has 1 aliphatic heterocycles. The number of anilines is 1. The average Bonchev–Trinajstić information content (AvgIpc) is 3.12. The monoisotopic (exact) mass is 474 g/mol. The molecule has 0 aliphatic carbocycles. The zero-order valence-corrected chi connectivity index (χ0v) is 19.6. The van der Waals surface area contributed by atoms with E-state index in [1.165, 1.54) is 11.8 Å². The molecule has 168 valence electrons. The lowest BCUT2D eigenvalue weighted by Crippen LogP contribution is -2.28. The summed E-state index contributed by atoms with van der Waals surface area (Å²) in [7, 11) is 3.13. The van der Waals surface area contributed by atoms with Crippen LogP contribution in [0.5, 0.6) is 11.5 Å². The van der Waals surface area contributed by atoms with Crippen molar-refractivity contribution in [2.45, 2.75) is 25.5 Å². The van der Waals surface area contributed by atoms with Gasteiger partial charge in [-0.05, 0) is 49.7 Å². The van der Waals surface area contributed by atoms with Crippen molar-refractivity contribution in [2.75, 3.05) is 19.5 Å². The van der Waals surface area contributed by atoms with Crippen molar-refractivity contribution < 1.29 is 19.1 Å². The highest BCUT2D eigenvalue weighted by Crippen LogP contribution is 2.28. The van der Waals surface area contributed by atoms with Crippen LogP contribution in [-0.4, -0.2) is 42.2 Å². The molecule has 1 saturated heterocycles. The van der Waals surface area contributed by atoms with Gasteiger partial charge in [0.2, 0.25) is 11.8 Å². The number of carbonyl (C=O) groups is 2. The zero-order chi connectivity index (χ0) is 23.3. The summed E-state index contributed by atoms with van der Waals surface area (Å²) in [5.41, 5.74) is 2.93. The van der Waals surface area contributed by atoms with E-state index in [2.05, 4.69) is 20.8 Å². The predicted octanol–water partition coefficient (Wildman–Crippen LogP) is 4.01. The first-order valence-electron chi connectivity index (χ1n) is 9.69. The van der Waals surface area contributed by atoms with Crippen LogP contribution in [0.1, 0.15) is 24.5 Å². The highest BCUT2D eigenvalue weighted by Gasteiger charge is 2.32. The van der Waals surface area contributed by atoms with Gasteiger partial charge in [-0.15, -0.1) is 5.10 Å². The number of ether oxygens (including phenoxy) is 2. The molecule has 3 rings (SSSR count). The number of hydrogen-bond acceptors (Lipinski definition) is 7. The summed E-state index contributed by atoms with van der Waals surface area (Å²) in [6.45, 7) is 3.66. The minimum atomic E-state index is -0.593. The van der Waals surface area contributed by atoms with Crippen molar-refractivity contribution in [2.24, 2.45) is 10.2 Å². The lowest BCUT2D eigenvalue weighted by atomic mass is 10.1. The van der Waals surface area contributed by atoms with E-state index in [0.29, 0.717) is 33.1 Å². The largest absolute Gasteiger partial charge is 0.493 e. The molecule has 1 fully saturated rings. The molecule has 0 saturated carbocycles. The van der Waals surface area contributed by atoms with Crippen molar-refractivity contribution in [3.05, 3.63) is 52.5 Å². The summed E-state index contributed by atoms with van der Waals surface area (Å²) in [5, 5.41) is 14.1. The molecule has 2 aromatic carbocycles. The number of nitrogens with zero attached hydrogens (tertiary/aromatic N) is 2. The Morgan fingerprint density at radius 3 is 2.66 bits per heavy atom. The lowest BCUT2D eigenvalue weighted by Gasteiger charge is -2.10. The number of amidine groups is 1. The number of rotatable bonds is 7. The van der Waals surface area contributed by atoms with Crippen molar-refractivity contribution in [1.29, 1.82) is 0 Å². The van der Waals surface area contributed by atoms with Crippen LogP contribution in [0, 0.1) is 6.92 Å². The van der Waals surface area contributed by atoms with E-state index >= 15 is 0 Å². The maximum Gasteiger partial charge on any atom is 0.240 e. The maximum atomic E-state index is 12.4. The number of thioether (sulfide) groups is 1. The second kappa shape index (κ2) is 10.5. The third kappa shape index (κ3) is 5.80. The van der Waals surface area contributed by atoms with E-state index in [0.717, 1.165) is 11.1 Å². The molecule has 1 atom stereocenters. The molecule has 0 spiro atoms. The molecule has 8 nitrogen and oxygen atoms in total. The summed E-state index contributed by atoms with van der Waals surface area (Å²) >= 11 is 7.16. The van der Waals surface area contributed by atoms with Crippen LogP contribution >= 0.6 is 23.4 Å². The molecule has 0 bridgehead atoms. The summed E-state index contributed by atoms with van der Waals surface area (Å²) < 4.78 is 10.5. The number of carbonyl (C=O) groups excluding carboxylic acids is 2. The van der Waals surface area contributed by atoms with Crippen LogP contribution in [0.25, 0.3) is 0 Å². The quantitative estimate of drug-likeness (QED) is 0.466. The van der Waals surface area contributed by atoms with E-state index in [-0.39, 0.29) is 18.2 Å². The fraction of sp³-hybridized carbons (Fsp3) is 0.273. The molecule has 1 heterocycles. The van der Waals surface area contributed by atoms with Gasteiger partial charge in [-0.2, -0.15) is 5.10 Å². The second-order valence-corrected chi connectivity index (χ2v) is 8.60. The zero-order valence-electron chi connectivity index (χ0n) is 18.1. The van der Waals surface area contributed by atoms with Gasteiger partial charge in [0.25, 0.3) is 0 Å². The summed E-state index contributed by atoms with van der Waals surface area (Å²) in [4.78, 5) is 24.7. The molecule has 2 aromatic rings. The Morgan fingerprint density at radius 2 is 1.94 bits per heavy atom. The second-order valence-electron chi connectivity index (χ2n) is 6.97. The van der Waals surface area contributed by atoms with Crippen molar-refractivity contribution >= 4 is 51.7 Å². The molecule has 2 N–H and O–H groups in total. The van der Waals surface area contributed by atoms with Crippen molar-refractivity contribution in [3.63, 3.8) is 0 Å². The fourth-order valence-electron chi connectivity index (χ4n) is 2.92. The van der Waals surface area contributed by atoms with Gasteiger partial charge in [0.15, 0.2) is 16.7 Å². The Hall–Kier alpha value is -3.04. The number of nitrogens with one attached hydrogen (secondary N) is 2. The van der Waals surface area contributed by atoms with Crippen molar-refractivity contribution in [1.82, 2.24) is 5.32 Å². The van der Waals surface area contributed by atoms with E-state index < -0.39 is 5.25 Å². The van der Waals surface area contributed by atoms with Crippen LogP contribution in [0.4, 0.5) is 5.69 Å². The van der Waals surface area contributed by atoms with Crippen molar-refractivity contribution in [3.8, 4) is 11.5 Å². The van der Waals surface area contributed by atoms with E-state index in [4.69, 9.17) is 21.1 Å². The van der Waals surface area contributed by atoms with Gasteiger partial charge in [-0.3, -0.25) is 9.59 Å². The van der Waals surface area contributed by atoms with Crippen LogP contribution in [0.15, 0.2) is 46.6 Å². The topological polar surface area (TPSA) is 101 Å². The normalized spacial score (nSPS) is 17.3. The lowest BCUT2D eigenvalue weighted by molar-refractivity contribution is -0.122. The standard InChI is InChI=1S/C22H23ClN4O4S/c1-12-5-7-15(23)10-16(12)24-20(28)11-19-21(29)25-22(32-19)27-26-13(2)14-6-8-17(30-3)18(9-14)31-4/h5-10,19H,11H2,1-4H3,(H,24,28)(H,25,27,29)/t19-/m1/s1. The van der Waals surface area contributed by atoms with Gasteiger partial charge >= 0.3 is 0 Å². The van der Waals surface area contributed by atoms with Crippen LogP contribution in [-0.2, 0) is 9.59 Å². The Morgan fingerprint density at radius 1 is 1.19 bits per heavy atom. The van der Waals surface area contributed by atoms with E-state index in [1.807, 2.05) is 19.1 Å². The summed E-state index contributed by atoms with van der Waals surface area (Å²) in [5.74, 6) is 0.625. The Kier molecular flexibility index (Phi) is 7.76. The number of aryl methyl sites for hydroxylation is 1. The van der Waals surface area contributed by atoms with Gasteiger partial charge in [-0.1, -0.05) is 29.4 Å². The Balaban J connectivity index is 1.64. The number of hydrogen-bond donors (Lipinski definition) is 2. The number of amides is 2. The van der Waals surface area contributed by atoms with Crippen LogP contribution in [0.3, 0.4) is 0 Å². The van der Waals surface area contributed by atoms with Gasteiger partial charge < -0.3 is 20.1 Å². The first-order chi connectivity index (χ1) is 15.3.